The molecule has 1 aromatic rings. The Hall–Kier alpha value is -0.830. The van der Waals surface area contributed by atoms with Gasteiger partial charge in [-0.15, -0.1) is 0 Å². The minimum absolute atomic E-state index is 0.0973. The number of hydrogen-bond acceptors (Lipinski definition) is 2. The van der Waals surface area contributed by atoms with Gasteiger partial charge in [0.2, 0.25) is 0 Å². The first-order valence-corrected chi connectivity index (χ1v) is 6.24. The second-order valence-corrected chi connectivity index (χ2v) is 5.30. The molecule has 0 radical (unpaired) electrons. The number of benzene rings is 1. The fourth-order valence-electron chi connectivity index (χ4n) is 2.42. The molecule has 0 saturated heterocycles. The first-order chi connectivity index (χ1) is 7.60. The third kappa shape index (κ3) is 1.67. The van der Waals surface area contributed by atoms with Gasteiger partial charge in [-0.2, -0.15) is 0 Å². The zero-order valence-corrected chi connectivity index (χ0v) is 11.1. The quantitative estimate of drug-likeness (QED) is 0.778. The molecule has 3 heteroatoms. The molecule has 0 spiro atoms. The van der Waals surface area contributed by atoms with Crippen molar-refractivity contribution >= 4 is 21.9 Å². The molecule has 0 bridgehead atoms. The molecule has 86 valence electrons. The molecule has 2 nitrogen and oxygen atoms in total. The SMILES string of the molecule is COC(=O)C1(c2cc(Br)ccc2C)CCC1. The van der Waals surface area contributed by atoms with E-state index in [0.29, 0.717) is 0 Å². The number of carbonyl (C=O) groups is 1. The minimum Gasteiger partial charge on any atom is -0.468 e. The highest BCUT2D eigenvalue weighted by Crippen LogP contribution is 2.46. The van der Waals surface area contributed by atoms with Crippen LogP contribution in [0.2, 0.25) is 0 Å². The molecule has 0 atom stereocenters. The van der Waals surface area contributed by atoms with E-state index in [1.807, 2.05) is 25.1 Å². The van der Waals surface area contributed by atoms with Crippen LogP contribution in [0.1, 0.15) is 30.4 Å². The van der Waals surface area contributed by atoms with E-state index in [1.165, 1.54) is 7.11 Å². The van der Waals surface area contributed by atoms with Crippen LogP contribution >= 0.6 is 15.9 Å². The summed E-state index contributed by atoms with van der Waals surface area (Å²) in [5, 5.41) is 0. The van der Waals surface area contributed by atoms with Crippen LogP contribution in [-0.2, 0) is 14.9 Å². The highest BCUT2D eigenvalue weighted by atomic mass is 79.9. The van der Waals surface area contributed by atoms with E-state index < -0.39 is 0 Å². The topological polar surface area (TPSA) is 26.3 Å². The maximum Gasteiger partial charge on any atom is 0.316 e. The van der Waals surface area contributed by atoms with E-state index in [-0.39, 0.29) is 11.4 Å². The van der Waals surface area contributed by atoms with Gasteiger partial charge >= 0.3 is 5.97 Å². The van der Waals surface area contributed by atoms with Gasteiger partial charge in [-0.3, -0.25) is 4.79 Å². The van der Waals surface area contributed by atoms with Gasteiger partial charge in [-0.1, -0.05) is 28.4 Å². The van der Waals surface area contributed by atoms with Crippen LogP contribution in [0.15, 0.2) is 22.7 Å². The van der Waals surface area contributed by atoms with Crippen LogP contribution in [0.25, 0.3) is 0 Å². The van der Waals surface area contributed by atoms with Crippen LogP contribution in [-0.4, -0.2) is 13.1 Å². The van der Waals surface area contributed by atoms with Crippen molar-refractivity contribution in [1.29, 1.82) is 0 Å². The summed E-state index contributed by atoms with van der Waals surface area (Å²) in [7, 11) is 1.47. The molecule has 1 fully saturated rings. The largest absolute Gasteiger partial charge is 0.468 e. The zero-order valence-electron chi connectivity index (χ0n) is 9.55. The Kier molecular flexibility index (Phi) is 3.06. The summed E-state index contributed by atoms with van der Waals surface area (Å²) < 4.78 is 5.97. The number of halogens is 1. The van der Waals surface area contributed by atoms with Crippen molar-refractivity contribution < 1.29 is 9.53 Å². The Labute approximate surface area is 104 Å². The second kappa shape index (κ2) is 4.21. The van der Waals surface area contributed by atoms with Crippen LogP contribution < -0.4 is 0 Å². The third-order valence-electron chi connectivity index (χ3n) is 3.50. The molecule has 0 heterocycles. The average molecular weight is 283 g/mol. The van der Waals surface area contributed by atoms with Crippen LogP contribution in [0, 0.1) is 6.92 Å². The van der Waals surface area contributed by atoms with E-state index in [9.17, 15) is 4.79 Å². The lowest BCUT2D eigenvalue weighted by Crippen LogP contribution is -2.43. The first-order valence-electron chi connectivity index (χ1n) is 5.45. The van der Waals surface area contributed by atoms with Gasteiger partial charge in [0.05, 0.1) is 12.5 Å². The number of carbonyl (C=O) groups excluding carboxylic acids is 1. The number of methoxy groups -OCH3 is 1. The van der Waals surface area contributed by atoms with Crippen molar-refractivity contribution in [2.24, 2.45) is 0 Å². The van der Waals surface area contributed by atoms with Crippen LogP contribution in [0.4, 0.5) is 0 Å². The van der Waals surface area contributed by atoms with Gasteiger partial charge in [-0.05, 0) is 43.0 Å². The van der Waals surface area contributed by atoms with Crippen molar-refractivity contribution in [3.05, 3.63) is 33.8 Å². The van der Waals surface area contributed by atoms with Gasteiger partial charge < -0.3 is 4.74 Å². The summed E-state index contributed by atoms with van der Waals surface area (Å²) in [6.07, 6.45) is 2.90. The van der Waals surface area contributed by atoms with E-state index in [4.69, 9.17) is 4.74 Å². The summed E-state index contributed by atoms with van der Waals surface area (Å²) in [4.78, 5) is 11.9. The van der Waals surface area contributed by atoms with E-state index in [1.54, 1.807) is 0 Å². The Morgan fingerprint density at radius 1 is 1.44 bits per heavy atom. The molecule has 0 aromatic heterocycles. The van der Waals surface area contributed by atoms with Crippen molar-refractivity contribution in [2.45, 2.75) is 31.6 Å². The molecule has 16 heavy (non-hydrogen) atoms. The summed E-state index contributed by atoms with van der Waals surface area (Å²) in [5.74, 6) is -0.0973. The molecule has 1 aliphatic rings. The van der Waals surface area contributed by atoms with Crippen molar-refractivity contribution in [3.63, 3.8) is 0 Å². The van der Waals surface area contributed by atoms with Crippen molar-refractivity contribution in [2.75, 3.05) is 7.11 Å². The van der Waals surface area contributed by atoms with Gasteiger partial charge in [0, 0.05) is 4.47 Å². The number of ether oxygens (including phenoxy) is 1. The standard InChI is InChI=1S/C13H15BrO2/c1-9-4-5-10(14)8-11(9)13(6-3-7-13)12(15)16-2/h4-5,8H,3,6-7H2,1-2H3. The van der Waals surface area contributed by atoms with E-state index in [0.717, 1.165) is 34.9 Å². The smallest absolute Gasteiger partial charge is 0.316 e. The highest BCUT2D eigenvalue weighted by Gasteiger charge is 2.47. The minimum atomic E-state index is -0.386. The number of rotatable bonds is 2. The predicted octanol–water partition coefficient (Wildman–Crippen LogP) is 3.35. The highest BCUT2D eigenvalue weighted by molar-refractivity contribution is 9.10. The number of esters is 1. The van der Waals surface area contributed by atoms with Crippen molar-refractivity contribution in [3.8, 4) is 0 Å². The van der Waals surface area contributed by atoms with Gasteiger partial charge in [-0.25, -0.2) is 0 Å². The molecular formula is C13H15BrO2. The van der Waals surface area contributed by atoms with Gasteiger partial charge in [0.1, 0.15) is 0 Å². The third-order valence-corrected chi connectivity index (χ3v) is 3.99. The summed E-state index contributed by atoms with van der Waals surface area (Å²) in [6.45, 7) is 2.05. The van der Waals surface area contributed by atoms with Crippen LogP contribution in [0.5, 0.6) is 0 Å². The molecule has 0 N–H and O–H groups in total. The Bertz CT molecular complexity index is 422. The van der Waals surface area contributed by atoms with Crippen LogP contribution in [0.3, 0.4) is 0 Å². The van der Waals surface area contributed by atoms with Crippen molar-refractivity contribution in [1.82, 2.24) is 0 Å². The molecule has 0 unspecified atom stereocenters. The van der Waals surface area contributed by atoms with Gasteiger partial charge in [0.25, 0.3) is 0 Å². The molecule has 1 saturated carbocycles. The second-order valence-electron chi connectivity index (χ2n) is 4.39. The lowest BCUT2D eigenvalue weighted by atomic mass is 9.63. The number of aryl methyl sites for hydroxylation is 1. The molecule has 1 aliphatic carbocycles. The molecular weight excluding hydrogens is 268 g/mol. The zero-order chi connectivity index (χ0) is 11.8. The average Bonchev–Trinajstić information content (AvgIpc) is 2.21. The summed E-state index contributed by atoms with van der Waals surface area (Å²) in [6, 6.07) is 6.09. The normalized spacial score (nSPS) is 17.7. The maximum absolute atomic E-state index is 11.9. The molecule has 2 rings (SSSR count). The van der Waals surface area contributed by atoms with E-state index in [2.05, 4.69) is 15.9 Å². The Morgan fingerprint density at radius 2 is 2.12 bits per heavy atom. The first kappa shape index (κ1) is 11.6. The fraction of sp³-hybridized carbons (Fsp3) is 0.462. The fourth-order valence-corrected chi connectivity index (χ4v) is 2.78. The van der Waals surface area contributed by atoms with E-state index >= 15 is 0 Å². The lowest BCUT2D eigenvalue weighted by Gasteiger charge is -2.40. The Morgan fingerprint density at radius 3 is 2.62 bits per heavy atom. The monoisotopic (exact) mass is 282 g/mol. The predicted molar refractivity (Wildman–Crippen MR) is 66.4 cm³/mol. The lowest BCUT2D eigenvalue weighted by molar-refractivity contribution is -0.151. The summed E-state index contributed by atoms with van der Waals surface area (Å²) >= 11 is 3.46. The number of hydrogen-bond donors (Lipinski definition) is 0. The van der Waals surface area contributed by atoms with Gasteiger partial charge in [0.15, 0.2) is 0 Å². The Balaban J connectivity index is 2.48. The summed E-state index contributed by atoms with van der Waals surface area (Å²) in [5.41, 5.74) is 1.89. The molecule has 0 amide bonds. The molecule has 0 aliphatic heterocycles. The maximum atomic E-state index is 11.9. The molecule has 1 aromatic carbocycles.